The predicted octanol–water partition coefficient (Wildman–Crippen LogP) is -0.0942. The van der Waals surface area contributed by atoms with E-state index in [0.29, 0.717) is 0 Å². The molecule has 3 nitrogen and oxygen atoms in total. The van der Waals surface area contributed by atoms with E-state index in [1.54, 1.807) is 13.0 Å². The largest absolute Gasteiger partial charge is 0.378 e. The van der Waals surface area contributed by atoms with Crippen LogP contribution in [0.2, 0.25) is 0 Å². The van der Waals surface area contributed by atoms with Crippen molar-refractivity contribution in [2.75, 3.05) is 7.11 Å². The number of nitriles is 1. The zero-order valence-corrected chi connectivity index (χ0v) is 4.96. The van der Waals surface area contributed by atoms with Gasteiger partial charge in [-0.3, -0.25) is 0 Å². The second-order valence-corrected chi connectivity index (χ2v) is 1.51. The van der Waals surface area contributed by atoms with E-state index in [2.05, 4.69) is 4.74 Å². The molecule has 3 heteroatoms. The van der Waals surface area contributed by atoms with Crippen molar-refractivity contribution in [3.63, 3.8) is 0 Å². The molecule has 0 spiro atoms. The Kier molecular flexibility index (Phi) is 3.16. The highest BCUT2D eigenvalue weighted by molar-refractivity contribution is 4.86. The molecule has 0 saturated carbocycles. The fraction of sp³-hybridized carbons (Fsp3) is 0.800. The minimum Gasteiger partial charge on any atom is -0.378 e. The number of ether oxygens (including phenoxy) is 1. The van der Waals surface area contributed by atoms with Gasteiger partial charge in [0.25, 0.3) is 0 Å². The molecular weight excluding hydrogens is 106 g/mol. The normalized spacial score (nSPS) is 16.8. The standard InChI is InChI=1S/C5H9NO2/c1-4(8-2)5(7)3-6/h4-5,7H,1-2H3/t4-,5-/m1/s1. The monoisotopic (exact) mass is 115 g/mol. The molecule has 0 amide bonds. The van der Waals surface area contributed by atoms with Crippen LogP contribution in [0.4, 0.5) is 0 Å². The summed E-state index contributed by atoms with van der Waals surface area (Å²) >= 11 is 0. The van der Waals surface area contributed by atoms with E-state index in [0.717, 1.165) is 0 Å². The summed E-state index contributed by atoms with van der Waals surface area (Å²) in [5, 5.41) is 16.7. The van der Waals surface area contributed by atoms with Crippen LogP contribution in [0.3, 0.4) is 0 Å². The Morgan fingerprint density at radius 2 is 2.25 bits per heavy atom. The smallest absolute Gasteiger partial charge is 0.166 e. The quantitative estimate of drug-likeness (QED) is 0.511. The van der Waals surface area contributed by atoms with E-state index in [9.17, 15) is 0 Å². The average Bonchev–Trinajstić information content (AvgIpc) is 1.84. The fourth-order valence-electron chi connectivity index (χ4n) is 0.234. The van der Waals surface area contributed by atoms with Crippen LogP contribution in [0.15, 0.2) is 0 Å². The molecule has 0 saturated heterocycles. The van der Waals surface area contributed by atoms with E-state index >= 15 is 0 Å². The number of hydrogen-bond acceptors (Lipinski definition) is 3. The second kappa shape index (κ2) is 3.42. The molecule has 0 rings (SSSR count). The van der Waals surface area contributed by atoms with Gasteiger partial charge in [-0.2, -0.15) is 5.26 Å². The zero-order valence-electron chi connectivity index (χ0n) is 4.96. The number of aliphatic hydroxyl groups is 1. The predicted molar refractivity (Wildman–Crippen MR) is 28.1 cm³/mol. The van der Waals surface area contributed by atoms with Crippen LogP contribution >= 0.6 is 0 Å². The molecule has 0 aromatic rings. The van der Waals surface area contributed by atoms with Gasteiger partial charge in [0, 0.05) is 7.11 Å². The summed E-state index contributed by atoms with van der Waals surface area (Å²) in [5.41, 5.74) is 0. The van der Waals surface area contributed by atoms with Crippen LogP contribution in [0.1, 0.15) is 6.92 Å². The van der Waals surface area contributed by atoms with Crippen molar-refractivity contribution < 1.29 is 9.84 Å². The zero-order chi connectivity index (χ0) is 6.57. The molecular formula is C5H9NO2. The molecule has 2 atom stereocenters. The molecule has 0 fully saturated rings. The first-order valence-electron chi connectivity index (χ1n) is 2.33. The molecule has 0 heterocycles. The van der Waals surface area contributed by atoms with E-state index in [1.165, 1.54) is 7.11 Å². The summed E-state index contributed by atoms with van der Waals surface area (Å²) in [4.78, 5) is 0. The molecule has 0 radical (unpaired) electrons. The number of aliphatic hydroxyl groups excluding tert-OH is 1. The van der Waals surface area contributed by atoms with E-state index < -0.39 is 6.10 Å². The fourth-order valence-corrected chi connectivity index (χ4v) is 0.234. The van der Waals surface area contributed by atoms with Crippen LogP contribution < -0.4 is 0 Å². The molecule has 8 heavy (non-hydrogen) atoms. The first kappa shape index (κ1) is 7.41. The van der Waals surface area contributed by atoms with Gasteiger partial charge in [0.2, 0.25) is 0 Å². The highest BCUT2D eigenvalue weighted by Crippen LogP contribution is 1.93. The van der Waals surface area contributed by atoms with Gasteiger partial charge in [-0.25, -0.2) is 0 Å². The Labute approximate surface area is 48.5 Å². The summed E-state index contributed by atoms with van der Waals surface area (Å²) < 4.78 is 4.63. The topological polar surface area (TPSA) is 53.2 Å². The van der Waals surface area contributed by atoms with Gasteiger partial charge in [0.15, 0.2) is 6.10 Å². The van der Waals surface area contributed by atoms with Gasteiger partial charge < -0.3 is 9.84 Å². The van der Waals surface area contributed by atoms with Crippen molar-refractivity contribution in [2.45, 2.75) is 19.1 Å². The summed E-state index contributed by atoms with van der Waals surface area (Å²) in [6, 6.07) is 1.65. The maximum Gasteiger partial charge on any atom is 0.166 e. The molecule has 1 N–H and O–H groups in total. The molecule has 0 aliphatic heterocycles. The molecule has 46 valence electrons. The van der Waals surface area contributed by atoms with E-state index in [-0.39, 0.29) is 6.10 Å². The molecule has 0 bridgehead atoms. The average molecular weight is 115 g/mol. The number of nitrogens with zero attached hydrogens (tertiary/aromatic N) is 1. The van der Waals surface area contributed by atoms with Crippen LogP contribution in [0.25, 0.3) is 0 Å². The lowest BCUT2D eigenvalue weighted by Gasteiger charge is -2.08. The van der Waals surface area contributed by atoms with Crippen molar-refractivity contribution in [3.8, 4) is 6.07 Å². The third-order valence-corrected chi connectivity index (χ3v) is 0.949. The minimum atomic E-state index is -1.00. The van der Waals surface area contributed by atoms with Crippen molar-refractivity contribution in [1.29, 1.82) is 5.26 Å². The third-order valence-electron chi connectivity index (χ3n) is 0.949. The molecule has 0 aromatic heterocycles. The Balaban J connectivity index is 3.49. The number of rotatable bonds is 2. The summed E-state index contributed by atoms with van der Waals surface area (Å²) in [5.74, 6) is 0. The van der Waals surface area contributed by atoms with Crippen molar-refractivity contribution in [2.24, 2.45) is 0 Å². The number of hydrogen-bond donors (Lipinski definition) is 1. The van der Waals surface area contributed by atoms with Gasteiger partial charge in [0.05, 0.1) is 12.2 Å². The molecule has 0 unspecified atom stereocenters. The van der Waals surface area contributed by atoms with Gasteiger partial charge in [-0.05, 0) is 6.92 Å². The minimum absolute atomic E-state index is 0.389. The van der Waals surface area contributed by atoms with Crippen LogP contribution in [-0.4, -0.2) is 24.4 Å². The lowest BCUT2D eigenvalue weighted by Crippen LogP contribution is -2.22. The summed E-state index contributed by atoms with van der Waals surface area (Å²) in [6.45, 7) is 1.63. The first-order valence-corrected chi connectivity index (χ1v) is 2.33. The summed E-state index contributed by atoms with van der Waals surface area (Å²) in [6.07, 6.45) is -1.39. The Morgan fingerprint density at radius 3 is 2.38 bits per heavy atom. The van der Waals surface area contributed by atoms with Gasteiger partial charge in [-0.15, -0.1) is 0 Å². The molecule has 0 aliphatic rings. The highest BCUT2D eigenvalue weighted by atomic mass is 16.5. The SMILES string of the molecule is CO[C@H](C)[C@H](O)C#N. The van der Waals surface area contributed by atoms with Gasteiger partial charge in [0.1, 0.15) is 0 Å². The third kappa shape index (κ3) is 1.92. The lowest BCUT2D eigenvalue weighted by molar-refractivity contribution is 0.0282. The number of methoxy groups -OCH3 is 1. The maximum absolute atomic E-state index is 8.64. The van der Waals surface area contributed by atoms with Gasteiger partial charge in [-0.1, -0.05) is 0 Å². The second-order valence-electron chi connectivity index (χ2n) is 1.51. The van der Waals surface area contributed by atoms with E-state index in [4.69, 9.17) is 10.4 Å². The van der Waals surface area contributed by atoms with Crippen molar-refractivity contribution in [1.82, 2.24) is 0 Å². The molecule has 0 aromatic carbocycles. The Hall–Kier alpha value is -0.590. The maximum atomic E-state index is 8.64. The lowest BCUT2D eigenvalue weighted by atomic mass is 10.2. The van der Waals surface area contributed by atoms with Crippen molar-refractivity contribution in [3.05, 3.63) is 0 Å². The van der Waals surface area contributed by atoms with Crippen LogP contribution in [0.5, 0.6) is 0 Å². The van der Waals surface area contributed by atoms with Gasteiger partial charge >= 0.3 is 0 Å². The Bertz CT molecular complexity index is 97.1. The molecule has 0 aliphatic carbocycles. The van der Waals surface area contributed by atoms with Crippen LogP contribution in [0, 0.1) is 11.3 Å². The first-order chi connectivity index (χ1) is 3.72. The van der Waals surface area contributed by atoms with Crippen LogP contribution in [-0.2, 0) is 4.74 Å². The summed E-state index contributed by atoms with van der Waals surface area (Å²) in [7, 11) is 1.45. The Morgan fingerprint density at radius 1 is 1.75 bits per heavy atom. The van der Waals surface area contributed by atoms with Crippen molar-refractivity contribution >= 4 is 0 Å². The highest BCUT2D eigenvalue weighted by Gasteiger charge is 2.09. The van der Waals surface area contributed by atoms with E-state index in [1.807, 2.05) is 0 Å².